The molecule has 2 saturated heterocycles. The van der Waals surface area contributed by atoms with E-state index >= 15 is 0 Å². The fraction of sp³-hybridized carbons (Fsp3) is 0.524. The van der Waals surface area contributed by atoms with E-state index < -0.39 is 0 Å². The molecule has 160 valence electrons. The van der Waals surface area contributed by atoms with E-state index in [1.807, 2.05) is 4.90 Å². The van der Waals surface area contributed by atoms with Crippen LogP contribution in [0.2, 0.25) is 0 Å². The van der Waals surface area contributed by atoms with Gasteiger partial charge in [0.2, 0.25) is 23.5 Å². The minimum Gasteiger partial charge on any atom is -0.354 e. The highest BCUT2D eigenvalue weighted by Crippen LogP contribution is 2.21. The number of hydrogen-bond donors (Lipinski definition) is 1. The van der Waals surface area contributed by atoms with E-state index in [1.165, 1.54) is 12.1 Å². The second-order valence-corrected chi connectivity index (χ2v) is 7.84. The molecule has 2 amide bonds. The molecule has 0 atom stereocenters. The van der Waals surface area contributed by atoms with Gasteiger partial charge in [-0.3, -0.25) is 14.5 Å². The van der Waals surface area contributed by atoms with Crippen LogP contribution in [0.4, 0.5) is 4.39 Å². The van der Waals surface area contributed by atoms with Gasteiger partial charge in [-0.2, -0.15) is 4.98 Å². The molecule has 2 aliphatic rings. The number of aromatic nitrogens is 2. The molecule has 9 heteroatoms. The van der Waals surface area contributed by atoms with Crippen molar-refractivity contribution in [1.29, 1.82) is 0 Å². The number of nitrogens with zero attached hydrogens (tertiary/aromatic N) is 4. The number of benzene rings is 1. The van der Waals surface area contributed by atoms with Crippen molar-refractivity contribution in [2.24, 2.45) is 5.92 Å². The van der Waals surface area contributed by atoms with Gasteiger partial charge >= 0.3 is 0 Å². The minimum absolute atomic E-state index is 0.00649. The second-order valence-electron chi connectivity index (χ2n) is 7.84. The molecule has 3 heterocycles. The number of likely N-dealkylation sites (tertiary alicyclic amines) is 2. The number of nitrogens with one attached hydrogen (secondary N) is 1. The summed E-state index contributed by atoms with van der Waals surface area (Å²) in [6.07, 6.45) is 3.08. The first-order chi connectivity index (χ1) is 14.6. The van der Waals surface area contributed by atoms with E-state index in [4.69, 9.17) is 4.52 Å². The number of amides is 2. The summed E-state index contributed by atoms with van der Waals surface area (Å²) in [7, 11) is 0. The fourth-order valence-electron chi connectivity index (χ4n) is 3.98. The number of rotatable bonds is 7. The van der Waals surface area contributed by atoms with Crippen LogP contribution < -0.4 is 5.32 Å². The Bertz CT molecular complexity index is 877. The van der Waals surface area contributed by atoms with Gasteiger partial charge in [0.05, 0.1) is 6.54 Å². The summed E-state index contributed by atoms with van der Waals surface area (Å²) in [4.78, 5) is 32.4. The zero-order valence-electron chi connectivity index (χ0n) is 16.8. The molecule has 30 heavy (non-hydrogen) atoms. The molecule has 1 N–H and O–H groups in total. The van der Waals surface area contributed by atoms with Crippen LogP contribution in [0.15, 0.2) is 28.8 Å². The maximum Gasteiger partial charge on any atom is 0.241 e. The molecule has 0 unspecified atom stereocenters. The van der Waals surface area contributed by atoms with Crippen LogP contribution >= 0.6 is 0 Å². The Balaban J connectivity index is 1.19. The van der Waals surface area contributed by atoms with Crippen molar-refractivity contribution in [2.75, 3.05) is 32.7 Å². The van der Waals surface area contributed by atoms with Crippen molar-refractivity contribution in [2.45, 2.75) is 32.2 Å². The Morgan fingerprint density at radius 3 is 2.67 bits per heavy atom. The molecule has 0 spiro atoms. The Morgan fingerprint density at radius 2 is 1.97 bits per heavy atom. The largest absolute Gasteiger partial charge is 0.354 e. The van der Waals surface area contributed by atoms with Crippen molar-refractivity contribution in [3.63, 3.8) is 0 Å². The lowest BCUT2D eigenvalue weighted by Gasteiger charge is -2.30. The Labute approximate surface area is 174 Å². The molecule has 0 radical (unpaired) electrons. The van der Waals surface area contributed by atoms with E-state index in [0.29, 0.717) is 43.3 Å². The maximum atomic E-state index is 13.0. The Kier molecular flexibility index (Phi) is 6.37. The van der Waals surface area contributed by atoms with Gasteiger partial charge in [-0.25, -0.2) is 4.39 Å². The van der Waals surface area contributed by atoms with Gasteiger partial charge in [0.1, 0.15) is 5.82 Å². The molecular weight excluding hydrogens is 389 g/mol. The number of carbonyl (C=O) groups excluding carboxylic acids is 2. The minimum atomic E-state index is -0.307. The van der Waals surface area contributed by atoms with Crippen LogP contribution in [-0.4, -0.2) is 64.5 Å². The molecule has 0 aliphatic carbocycles. The molecular formula is C21H26FN5O3. The summed E-state index contributed by atoms with van der Waals surface area (Å²) < 4.78 is 18.4. The molecule has 8 nitrogen and oxygen atoms in total. The van der Waals surface area contributed by atoms with Crippen LogP contribution in [0.3, 0.4) is 0 Å². The Hall–Kier alpha value is -2.81. The van der Waals surface area contributed by atoms with Gasteiger partial charge < -0.3 is 14.7 Å². The first kappa shape index (κ1) is 20.5. The number of halogens is 1. The number of carbonyl (C=O) groups is 2. The fourth-order valence-corrected chi connectivity index (χ4v) is 3.98. The quantitative estimate of drug-likeness (QED) is 0.742. The smallest absolute Gasteiger partial charge is 0.241 e. The molecule has 4 rings (SSSR count). The summed E-state index contributed by atoms with van der Waals surface area (Å²) >= 11 is 0. The number of hydrogen-bond acceptors (Lipinski definition) is 6. The lowest BCUT2D eigenvalue weighted by atomic mass is 9.96. The van der Waals surface area contributed by atoms with Gasteiger partial charge in [-0.1, -0.05) is 5.16 Å². The van der Waals surface area contributed by atoms with Gasteiger partial charge in [-0.05, 0) is 56.6 Å². The van der Waals surface area contributed by atoms with Crippen molar-refractivity contribution < 1.29 is 18.5 Å². The lowest BCUT2D eigenvalue weighted by Crippen LogP contribution is -2.42. The van der Waals surface area contributed by atoms with Gasteiger partial charge in [0, 0.05) is 37.5 Å². The van der Waals surface area contributed by atoms with Crippen LogP contribution in [0, 0.1) is 11.7 Å². The third-order valence-corrected chi connectivity index (χ3v) is 5.74. The molecule has 1 aromatic heterocycles. The number of piperidine rings is 1. The average Bonchev–Trinajstić information content (AvgIpc) is 3.38. The predicted molar refractivity (Wildman–Crippen MR) is 107 cm³/mol. The standard InChI is InChI=1S/C21H26FN5O3/c22-17-5-3-15(4-6-17)20-24-18(30-25-20)14-26-11-7-16(8-12-26)21(29)23-9-13-27-10-1-2-19(27)28/h3-6,16H,1-2,7-14H2,(H,23,29). The third kappa shape index (κ3) is 5.02. The maximum absolute atomic E-state index is 13.0. The Morgan fingerprint density at radius 1 is 1.20 bits per heavy atom. The first-order valence-electron chi connectivity index (χ1n) is 10.4. The molecule has 2 aromatic rings. The highest BCUT2D eigenvalue weighted by Gasteiger charge is 2.26. The third-order valence-electron chi connectivity index (χ3n) is 5.74. The van der Waals surface area contributed by atoms with Crippen LogP contribution in [0.1, 0.15) is 31.6 Å². The van der Waals surface area contributed by atoms with Crippen LogP contribution in [-0.2, 0) is 16.1 Å². The van der Waals surface area contributed by atoms with Gasteiger partial charge in [-0.15, -0.1) is 0 Å². The van der Waals surface area contributed by atoms with Gasteiger partial charge in [0.25, 0.3) is 0 Å². The van der Waals surface area contributed by atoms with E-state index in [2.05, 4.69) is 20.4 Å². The highest BCUT2D eigenvalue weighted by molar-refractivity contribution is 5.79. The predicted octanol–water partition coefficient (Wildman–Crippen LogP) is 1.83. The van der Waals surface area contributed by atoms with Gasteiger partial charge in [0.15, 0.2) is 0 Å². The second kappa shape index (κ2) is 9.34. The molecule has 2 aliphatic heterocycles. The molecule has 0 bridgehead atoms. The zero-order valence-corrected chi connectivity index (χ0v) is 16.8. The monoisotopic (exact) mass is 415 g/mol. The first-order valence-corrected chi connectivity index (χ1v) is 10.4. The molecule has 0 saturated carbocycles. The van der Waals surface area contributed by atoms with Crippen molar-refractivity contribution in [3.05, 3.63) is 36.0 Å². The average molecular weight is 415 g/mol. The summed E-state index contributed by atoms with van der Waals surface area (Å²) in [6.45, 7) is 3.98. The normalized spacial score (nSPS) is 18.2. The van der Waals surface area contributed by atoms with E-state index in [1.54, 1.807) is 12.1 Å². The van der Waals surface area contributed by atoms with Crippen LogP contribution in [0.5, 0.6) is 0 Å². The zero-order chi connectivity index (χ0) is 20.9. The van der Waals surface area contributed by atoms with E-state index in [-0.39, 0.29) is 23.5 Å². The van der Waals surface area contributed by atoms with Crippen molar-refractivity contribution in [1.82, 2.24) is 25.3 Å². The molecule has 1 aromatic carbocycles. The van der Waals surface area contributed by atoms with E-state index in [9.17, 15) is 14.0 Å². The molecule has 2 fully saturated rings. The topological polar surface area (TPSA) is 91.6 Å². The van der Waals surface area contributed by atoms with Crippen LogP contribution in [0.25, 0.3) is 11.4 Å². The van der Waals surface area contributed by atoms with E-state index in [0.717, 1.165) is 38.9 Å². The summed E-state index contributed by atoms with van der Waals surface area (Å²) in [6, 6.07) is 5.97. The summed E-state index contributed by atoms with van der Waals surface area (Å²) in [5, 5.41) is 6.94. The van der Waals surface area contributed by atoms with Crippen molar-refractivity contribution >= 4 is 11.8 Å². The van der Waals surface area contributed by atoms with Crippen molar-refractivity contribution in [3.8, 4) is 11.4 Å². The SMILES string of the molecule is O=C(NCCN1CCCC1=O)C1CCN(Cc2nc(-c3ccc(F)cc3)no2)CC1. The lowest BCUT2D eigenvalue weighted by molar-refractivity contribution is -0.129. The summed E-state index contributed by atoms with van der Waals surface area (Å²) in [5.74, 6) is 0.883. The highest BCUT2D eigenvalue weighted by atomic mass is 19.1. The summed E-state index contributed by atoms with van der Waals surface area (Å²) in [5.41, 5.74) is 0.706.